The van der Waals surface area contributed by atoms with Crippen LogP contribution in [-0.2, 0) is 11.2 Å². The molecule has 21 heavy (non-hydrogen) atoms. The summed E-state index contributed by atoms with van der Waals surface area (Å²) in [6.07, 6.45) is 4.30. The summed E-state index contributed by atoms with van der Waals surface area (Å²) in [6.45, 7) is 7.97. The number of hydrogen-bond acceptors (Lipinski definition) is 1. The Morgan fingerprint density at radius 2 is 1.95 bits per heavy atom. The van der Waals surface area contributed by atoms with Gasteiger partial charge >= 0.3 is 0 Å². The Kier molecular flexibility index (Phi) is 4.29. The van der Waals surface area contributed by atoms with Gasteiger partial charge in [-0.25, -0.2) is 0 Å². The minimum atomic E-state index is 0.304. The number of benzene rings is 1. The van der Waals surface area contributed by atoms with Crippen molar-refractivity contribution in [2.24, 2.45) is 5.92 Å². The molecule has 1 N–H and O–H groups in total. The third kappa shape index (κ3) is 3.13. The smallest absolute Gasteiger partial charge is 0.232 e. The zero-order valence-corrected chi connectivity index (χ0v) is 13.3. The monoisotopic (exact) mass is 287 g/mol. The number of para-hydroxylation sites is 1. The fourth-order valence-corrected chi connectivity index (χ4v) is 3.77. The molecule has 0 spiro atoms. The fourth-order valence-electron chi connectivity index (χ4n) is 3.77. The standard InChI is InChI=1S/C18H26N2O/c1-14-7-10-19(11-8-14)12-9-18(21)20-15(2)13-16-5-3-4-6-17(16)20/h3-6,14-15H,7-13H2,1-2H3/p+1/t15-/m1/s1. The van der Waals surface area contributed by atoms with Crippen LogP contribution in [0.1, 0.15) is 38.7 Å². The Morgan fingerprint density at radius 3 is 2.71 bits per heavy atom. The molecule has 114 valence electrons. The molecule has 0 unspecified atom stereocenters. The molecule has 1 fully saturated rings. The van der Waals surface area contributed by atoms with Gasteiger partial charge in [-0.15, -0.1) is 0 Å². The molecule has 1 aromatic carbocycles. The Hall–Kier alpha value is -1.35. The highest BCUT2D eigenvalue weighted by Gasteiger charge is 2.31. The Bertz CT molecular complexity index is 506. The number of carbonyl (C=O) groups excluding carboxylic acids is 1. The van der Waals surface area contributed by atoms with E-state index in [1.165, 1.54) is 31.5 Å². The largest absolute Gasteiger partial charge is 0.334 e. The van der Waals surface area contributed by atoms with E-state index in [9.17, 15) is 4.79 Å². The van der Waals surface area contributed by atoms with E-state index in [1.807, 2.05) is 11.0 Å². The average Bonchev–Trinajstić information content (AvgIpc) is 2.82. The van der Waals surface area contributed by atoms with E-state index < -0.39 is 0 Å². The minimum Gasteiger partial charge on any atom is -0.334 e. The van der Waals surface area contributed by atoms with E-state index in [2.05, 4.69) is 32.0 Å². The van der Waals surface area contributed by atoms with Crippen LogP contribution in [0.2, 0.25) is 0 Å². The van der Waals surface area contributed by atoms with E-state index in [1.54, 1.807) is 4.90 Å². The molecule has 1 aromatic rings. The van der Waals surface area contributed by atoms with Crippen LogP contribution in [0, 0.1) is 5.92 Å². The van der Waals surface area contributed by atoms with Crippen molar-refractivity contribution in [2.45, 2.75) is 45.6 Å². The van der Waals surface area contributed by atoms with Gasteiger partial charge < -0.3 is 9.80 Å². The number of quaternary nitrogens is 1. The molecule has 1 amide bonds. The second kappa shape index (κ2) is 6.18. The molecule has 2 aliphatic rings. The fraction of sp³-hybridized carbons (Fsp3) is 0.611. The summed E-state index contributed by atoms with van der Waals surface area (Å²) >= 11 is 0. The molecular weight excluding hydrogens is 260 g/mol. The molecule has 0 bridgehead atoms. The molecule has 3 nitrogen and oxygen atoms in total. The van der Waals surface area contributed by atoms with Crippen molar-refractivity contribution in [3.63, 3.8) is 0 Å². The van der Waals surface area contributed by atoms with Crippen molar-refractivity contribution in [1.82, 2.24) is 0 Å². The number of anilines is 1. The van der Waals surface area contributed by atoms with Gasteiger partial charge in [-0.3, -0.25) is 4.79 Å². The van der Waals surface area contributed by atoms with Gasteiger partial charge in [-0.2, -0.15) is 0 Å². The van der Waals surface area contributed by atoms with Gasteiger partial charge in [0.2, 0.25) is 5.91 Å². The number of nitrogens with one attached hydrogen (secondary N) is 1. The molecule has 2 aliphatic heterocycles. The number of amides is 1. The van der Waals surface area contributed by atoms with Crippen molar-refractivity contribution in [3.8, 4) is 0 Å². The number of fused-ring (bicyclic) bond motifs is 1. The second-order valence-corrected chi connectivity index (χ2v) is 6.88. The highest BCUT2D eigenvalue weighted by atomic mass is 16.2. The average molecular weight is 287 g/mol. The predicted octanol–water partition coefficient (Wildman–Crippen LogP) is 1.67. The molecule has 0 saturated carbocycles. The molecule has 0 radical (unpaired) electrons. The van der Waals surface area contributed by atoms with E-state index in [4.69, 9.17) is 0 Å². The first-order valence-corrected chi connectivity index (χ1v) is 8.38. The number of likely N-dealkylation sites (tertiary alicyclic amines) is 1. The molecule has 3 rings (SSSR count). The number of nitrogens with zero attached hydrogens (tertiary/aromatic N) is 1. The Balaban J connectivity index is 1.58. The maximum Gasteiger partial charge on any atom is 0.232 e. The van der Waals surface area contributed by atoms with Gasteiger partial charge in [-0.1, -0.05) is 25.1 Å². The predicted molar refractivity (Wildman–Crippen MR) is 85.7 cm³/mol. The third-order valence-electron chi connectivity index (χ3n) is 5.15. The van der Waals surface area contributed by atoms with Gasteiger partial charge in [-0.05, 0) is 43.7 Å². The van der Waals surface area contributed by atoms with E-state index in [0.717, 1.165) is 24.6 Å². The van der Waals surface area contributed by atoms with Crippen LogP contribution in [-0.4, -0.2) is 31.6 Å². The molecule has 1 saturated heterocycles. The van der Waals surface area contributed by atoms with E-state index in [0.29, 0.717) is 18.4 Å². The van der Waals surface area contributed by atoms with Crippen LogP contribution >= 0.6 is 0 Å². The summed E-state index contributed by atoms with van der Waals surface area (Å²) < 4.78 is 0. The topological polar surface area (TPSA) is 24.8 Å². The number of piperidine rings is 1. The highest BCUT2D eigenvalue weighted by molar-refractivity contribution is 5.96. The van der Waals surface area contributed by atoms with Gasteiger partial charge in [0.1, 0.15) is 0 Å². The molecule has 0 aliphatic carbocycles. The van der Waals surface area contributed by atoms with Crippen molar-refractivity contribution in [3.05, 3.63) is 29.8 Å². The van der Waals surface area contributed by atoms with Crippen LogP contribution in [0.3, 0.4) is 0 Å². The third-order valence-corrected chi connectivity index (χ3v) is 5.15. The lowest BCUT2D eigenvalue weighted by Crippen LogP contribution is -3.13. The molecule has 1 atom stereocenters. The van der Waals surface area contributed by atoms with Gasteiger partial charge in [0.05, 0.1) is 26.1 Å². The lowest BCUT2D eigenvalue weighted by atomic mass is 9.99. The number of rotatable bonds is 3. The SMILES string of the molecule is CC1CC[NH+](CCC(=O)N2c3ccccc3C[C@H]2C)CC1. The highest BCUT2D eigenvalue weighted by Crippen LogP contribution is 2.32. The summed E-state index contributed by atoms with van der Waals surface area (Å²) in [4.78, 5) is 16.3. The van der Waals surface area contributed by atoms with Crippen molar-refractivity contribution < 1.29 is 9.69 Å². The van der Waals surface area contributed by atoms with Crippen LogP contribution in [0.15, 0.2) is 24.3 Å². The lowest BCUT2D eigenvalue weighted by molar-refractivity contribution is -0.905. The Labute approximate surface area is 127 Å². The maximum absolute atomic E-state index is 12.6. The number of carbonyl (C=O) groups is 1. The van der Waals surface area contributed by atoms with Crippen LogP contribution < -0.4 is 9.80 Å². The number of hydrogen-bond donors (Lipinski definition) is 1. The molecule has 2 heterocycles. The van der Waals surface area contributed by atoms with Gasteiger partial charge in [0.15, 0.2) is 0 Å². The zero-order valence-electron chi connectivity index (χ0n) is 13.3. The first-order valence-electron chi connectivity index (χ1n) is 8.38. The second-order valence-electron chi connectivity index (χ2n) is 6.88. The van der Waals surface area contributed by atoms with Gasteiger partial charge in [0.25, 0.3) is 0 Å². The minimum absolute atomic E-state index is 0.304. The summed E-state index contributed by atoms with van der Waals surface area (Å²) in [5.74, 6) is 1.17. The summed E-state index contributed by atoms with van der Waals surface area (Å²) in [6, 6.07) is 8.65. The quantitative estimate of drug-likeness (QED) is 0.899. The summed E-state index contributed by atoms with van der Waals surface area (Å²) in [7, 11) is 0. The maximum atomic E-state index is 12.6. The Morgan fingerprint density at radius 1 is 1.24 bits per heavy atom. The zero-order chi connectivity index (χ0) is 14.8. The summed E-state index contributed by atoms with van der Waals surface area (Å²) in [5.41, 5.74) is 2.45. The molecule has 0 aromatic heterocycles. The first-order chi connectivity index (χ1) is 10.1. The summed E-state index contributed by atoms with van der Waals surface area (Å²) in [5, 5.41) is 0. The van der Waals surface area contributed by atoms with Crippen LogP contribution in [0.4, 0.5) is 5.69 Å². The van der Waals surface area contributed by atoms with Crippen molar-refractivity contribution in [1.29, 1.82) is 0 Å². The lowest BCUT2D eigenvalue weighted by Gasteiger charge is -2.28. The van der Waals surface area contributed by atoms with Gasteiger partial charge in [0, 0.05) is 11.7 Å². The molecule has 3 heteroatoms. The van der Waals surface area contributed by atoms with E-state index in [-0.39, 0.29) is 0 Å². The molecular formula is C18H27N2O+. The van der Waals surface area contributed by atoms with Crippen molar-refractivity contribution in [2.75, 3.05) is 24.5 Å². The first kappa shape index (κ1) is 14.6. The van der Waals surface area contributed by atoms with E-state index >= 15 is 0 Å². The van der Waals surface area contributed by atoms with Crippen LogP contribution in [0.5, 0.6) is 0 Å². The normalized spacial score (nSPS) is 28.5. The van der Waals surface area contributed by atoms with Crippen molar-refractivity contribution >= 4 is 11.6 Å². The van der Waals surface area contributed by atoms with Crippen LogP contribution in [0.25, 0.3) is 0 Å².